The highest BCUT2D eigenvalue weighted by Gasteiger charge is 2.45. The normalized spacial score (nSPS) is 35.4. The van der Waals surface area contributed by atoms with E-state index in [2.05, 4.69) is 31.1 Å². The van der Waals surface area contributed by atoms with Gasteiger partial charge in [-0.1, -0.05) is 13.8 Å². The van der Waals surface area contributed by atoms with Gasteiger partial charge < -0.3 is 9.47 Å². The Kier molecular flexibility index (Phi) is 3.54. The van der Waals surface area contributed by atoms with Crippen molar-refractivity contribution in [3.8, 4) is 0 Å². The first-order valence-electron chi connectivity index (χ1n) is 6.34. The first kappa shape index (κ1) is 12.3. The van der Waals surface area contributed by atoms with Crippen molar-refractivity contribution in [1.82, 2.24) is 10.2 Å². The van der Waals surface area contributed by atoms with E-state index in [0.29, 0.717) is 0 Å². The number of hydrogen-bond acceptors (Lipinski definition) is 4. The van der Waals surface area contributed by atoms with Gasteiger partial charge in [0.15, 0.2) is 0 Å². The molecule has 2 aliphatic rings. The van der Waals surface area contributed by atoms with E-state index in [9.17, 15) is 0 Å². The highest BCUT2D eigenvalue weighted by Crippen LogP contribution is 2.29. The Morgan fingerprint density at radius 3 is 2.50 bits per heavy atom. The van der Waals surface area contributed by atoms with Gasteiger partial charge in [0.1, 0.15) is 5.72 Å². The van der Waals surface area contributed by atoms with Crippen LogP contribution in [0.5, 0.6) is 0 Å². The van der Waals surface area contributed by atoms with Gasteiger partial charge in [-0.05, 0) is 19.9 Å². The SMILES string of the molecule is CCC1(CC)NCC2(COCCN2C)CO1. The number of nitrogens with one attached hydrogen (secondary N) is 1. The molecule has 0 saturated carbocycles. The molecule has 2 aliphatic heterocycles. The lowest BCUT2D eigenvalue weighted by Gasteiger charge is -2.52. The second-order valence-electron chi connectivity index (χ2n) is 5.04. The molecule has 0 aromatic rings. The fraction of sp³-hybridized carbons (Fsp3) is 1.00. The first-order chi connectivity index (χ1) is 7.66. The number of hydrogen-bond donors (Lipinski definition) is 1. The van der Waals surface area contributed by atoms with Crippen LogP contribution in [0.15, 0.2) is 0 Å². The highest BCUT2D eigenvalue weighted by molar-refractivity contribution is 4.99. The molecule has 4 nitrogen and oxygen atoms in total. The summed E-state index contributed by atoms with van der Waals surface area (Å²) in [4.78, 5) is 2.37. The molecule has 1 N–H and O–H groups in total. The van der Waals surface area contributed by atoms with Gasteiger partial charge >= 0.3 is 0 Å². The van der Waals surface area contributed by atoms with Crippen LogP contribution in [-0.4, -0.2) is 56.1 Å². The smallest absolute Gasteiger partial charge is 0.118 e. The minimum Gasteiger partial charge on any atom is -0.378 e. The fourth-order valence-electron chi connectivity index (χ4n) is 2.55. The third kappa shape index (κ3) is 1.99. The Labute approximate surface area is 98.3 Å². The van der Waals surface area contributed by atoms with Gasteiger partial charge in [-0.25, -0.2) is 0 Å². The summed E-state index contributed by atoms with van der Waals surface area (Å²) in [7, 11) is 2.17. The van der Waals surface area contributed by atoms with Crippen molar-refractivity contribution in [3.05, 3.63) is 0 Å². The maximum Gasteiger partial charge on any atom is 0.118 e. The first-order valence-corrected chi connectivity index (χ1v) is 6.34. The van der Waals surface area contributed by atoms with Crippen molar-refractivity contribution in [2.75, 3.05) is 40.0 Å². The Morgan fingerprint density at radius 2 is 2.00 bits per heavy atom. The minimum atomic E-state index is -0.108. The van der Waals surface area contributed by atoms with Crippen molar-refractivity contribution >= 4 is 0 Å². The lowest BCUT2D eigenvalue weighted by molar-refractivity contribution is -0.186. The van der Waals surface area contributed by atoms with Crippen LogP contribution < -0.4 is 5.32 Å². The average molecular weight is 228 g/mol. The lowest BCUT2D eigenvalue weighted by atomic mass is 9.93. The molecule has 4 heteroatoms. The summed E-state index contributed by atoms with van der Waals surface area (Å²) in [5.41, 5.74) is -0.0599. The molecular weight excluding hydrogens is 204 g/mol. The molecular formula is C12H24N2O2. The van der Waals surface area contributed by atoms with E-state index in [0.717, 1.165) is 45.8 Å². The van der Waals surface area contributed by atoms with Crippen molar-refractivity contribution < 1.29 is 9.47 Å². The monoisotopic (exact) mass is 228 g/mol. The molecule has 0 bridgehead atoms. The summed E-state index contributed by atoms with van der Waals surface area (Å²) in [5.74, 6) is 0. The van der Waals surface area contributed by atoms with Crippen molar-refractivity contribution in [2.24, 2.45) is 0 Å². The van der Waals surface area contributed by atoms with Crippen molar-refractivity contribution in [2.45, 2.75) is 38.0 Å². The standard InChI is InChI=1S/C12H24N2O2/c1-4-12(5-2)13-8-11(10-16-12)9-15-7-6-14(11)3/h13H,4-10H2,1-3H3. The quantitative estimate of drug-likeness (QED) is 0.759. The number of morpholine rings is 1. The fourth-order valence-corrected chi connectivity index (χ4v) is 2.55. The van der Waals surface area contributed by atoms with Gasteiger partial charge in [-0.3, -0.25) is 10.2 Å². The van der Waals surface area contributed by atoms with Gasteiger partial charge in [0.2, 0.25) is 0 Å². The average Bonchev–Trinajstić information content (AvgIpc) is 2.35. The van der Waals surface area contributed by atoms with Crippen LogP contribution in [0.2, 0.25) is 0 Å². The van der Waals surface area contributed by atoms with Gasteiger partial charge in [0.25, 0.3) is 0 Å². The molecule has 1 unspecified atom stereocenters. The summed E-state index contributed by atoms with van der Waals surface area (Å²) in [6.45, 7) is 8.70. The zero-order valence-corrected chi connectivity index (χ0v) is 10.7. The Bertz CT molecular complexity index is 231. The zero-order chi connectivity index (χ0) is 11.6. The zero-order valence-electron chi connectivity index (χ0n) is 10.7. The molecule has 1 atom stereocenters. The molecule has 94 valence electrons. The van der Waals surface area contributed by atoms with E-state index in [1.165, 1.54) is 0 Å². The van der Waals surface area contributed by atoms with Gasteiger partial charge in [0.05, 0.1) is 25.4 Å². The van der Waals surface area contributed by atoms with E-state index in [-0.39, 0.29) is 11.3 Å². The molecule has 0 amide bonds. The molecule has 2 rings (SSSR count). The number of ether oxygens (including phenoxy) is 2. The summed E-state index contributed by atoms with van der Waals surface area (Å²) >= 11 is 0. The van der Waals surface area contributed by atoms with Crippen LogP contribution in [0.3, 0.4) is 0 Å². The molecule has 0 radical (unpaired) electrons. The highest BCUT2D eigenvalue weighted by atomic mass is 16.5. The van der Waals surface area contributed by atoms with Crippen LogP contribution in [0.1, 0.15) is 26.7 Å². The van der Waals surface area contributed by atoms with E-state index in [1.54, 1.807) is 0 Å². The molecule has 1 spiro atoms. The predicted octanol–water partition coefficient (Wildman–Crippen LogP) is 0.823. The van der Waals surface area contributed by atoms with Gasteiger partial charge in [-0.2, -0.15) is 0 Å². The topological polar surface area (TPSA) is 33.7 Å². The van der Waals surface area contributed by atoms with Crippen molar-refractivity contribution in [3.63, 3.8) is 0 Å². The van der Waals surface area contributed by atoms with E-state index in [4.69, 9.17) is 9.47 Å². The minimum absolute atomic E-state index is 0.0477. The van der Waals surface area contributed by atoms with Crippen LogP contribution >= 0.6 is 0 Å². The molecule has 2 saturated heterocycles. The second-order valence-corrected chi connectivity index (χ2v) is 5.04. The maximum absolute atomic E-state index is 6.09. The van der Waals surface area contributed by atoms with Crippen molar-refractivity contribution in [1.29, 1.82) is 0 Å². The van der Waals surface area contributed by atoms with Gasteiger partial charge in [-0.15, -0.1) is 0 Å². The molecule has 0 aromatic carbocycles. The molecule has 2 fully saturated rings. The summed E-state index contributed by atoms with van der Waals surface area (Å²) in [6, 6.07) is 0. The molecule has 0 aliphatic carbocycles. The number of likely N-dealkylation sites (N-methyl/N-ethyl adjacent to an activating group) is 1. The summed E-state index contributed by atoms with van der Waals surface area (Å²) in [5, 5.41) is 3.58. The van der Waals surface area contributed by atoms with Crippen LogP contribution in [0, 0.1) is 0 Å². The molecule has 2 heterocycles. The van der Waals surface area contributed by atoms with E-state index in [1.807, 2.05) is 0 Å². The predicted molar refractivity (Wildman–Crippen MR) is 63.4 cm³/mol. The van der Waals surface area contributed by atoms with Crippen LogP contribution in [-0.2, 0) is 9.47 Å². The maximum atomic E-state index is 6.09. The van der Waals surface area contributed by atoms with Gasteiger partial charge in [0, 0.05) is 13.1 Å². The van der Waals surface area contributed by atoms with Crippen LogP contribution in [0.4, 0.5) is 0 Å². The number of rotatable bonds is 2. The Balaban J connectivity index is 2.02. The Hall–Kier alpha value is -0.160. The lowest BCUT2D eigenvalue weighted by Crippen LogP contribution is -2.70. The third-order valence-corrected chi connectivity index (χ3v) is 4.25. The summed E-state index contributed by atoms with van der Waals surface area (Å²) in [6.07, 6.45) is 2.04. The van der Waals surface area contributed by atoms with E-state index >= 15 is 0 Å². The molecule has 16 heavy (non-hydrogen) atoms. The summed E-state index contributed by atoms with van der Waals surface area (Å²) < 4.78 is 11.7. The van der Waals surface area contributed by atoms with Crippen LogP contribution in [0.25, 0.3) is 0 Å². The Morgan fingerprint density at radius 1 is 1.25 bits per heavy atom. The number of nitrogens with zero attached hydrogens (tertiary/aromatic N) is 1. The van der Waals surface area contributed by atoms with E-state index < -0.39 is 0 Å². The molecule has 0 aromatic heterocycles. The largest absolute Gasteiger partial charge is 0.378 e. The third-order valence-electron chi connectivity index (χ3n) is 4.25. The second kappa shape index (κ2) is 4.61.